The third-order valence-corrected chi connectivity index (χ3v) is 2.32. The largest absolute Gasteiger partial charge is 0.368 e. The number of nitrogens with two attached hydrogens (primary N) is 1. The zero-order valence-corrected chi connectivity index (χ0v) is 9.70. The Bertz CT molecular complexity index is 486. The number of rotatable bonds is 3. The molecule has 3 nitrogen and oxygen atoms in total. The molecule has 16 heavy (non-hydrogen) atoms. The maximum atomic E-state index is 5.91. The summed E-state index contributed by atoms with van der Waals surface area (Å²) in [5.41, 5.74) is 6.68. The van der Waals surface area contributed by atoms with E-state index in [1.807, 2.05) is 38.1 Å². The molecule has 0 fully saturated rings. The minimum Gasteiger partial charge on any atom is -0.368 e. The van der Waals surface area contributed by atoms with Gasteiger partial charge in [-0.3, -0.25) is 0 Å². The molecule has 0 aliphatic rings. The van der Waals surface area contributed by atoms with Crippen molar-refractivity contribution in [3.8, 4) is 0 Å². The second kappa shape index (κ2) is 4.10. The molecule has 0 saturated carbocycles. The summed E-state index contributed by atoms with van der Waals surface area (Å²) in [6.07, 6.45) is 0. The van der Waals surface area contributed by atoms with Crippen molar-refractivity contribution in [1.82, 2.24) is 4.98 Å². The van der Waals surface area contributed by atoms with E-state index in [1.165, 1.54) is 0 Å². The summed E-state index contributed by atoms with van der Waals surface area (Å²) in [5, 5.41) is 4.39. The van der Waals surface area contributed by atoms with Crippen LogP contribution in [0.4, 0.5) is 5.82 Å². The van der Waals surface area contributed by atoms with Gasteiger partial charge in [-0.1, -0.05) is 18.2 Å². The number of fused-ring (bicyclic) bond motifs is 1. The molecule has 0 atom stereocenters. The Hall–Kier alpha value is -1.61. The highest BCUT2D eigenvalue weighted by Crippen LogP contribution is 2.14. The number of nitrogens with one attached hydrogen (secondary N) is 1. The molecule has 84 valence electrons. The minimum absolute atomic E-state index is 0.229. The topological polar surface area (TPSA) is 50.9 Å². The van der Waals surface area contributed by atoms with Crippen LogP contribution in [-0.2, 0) is 0 Å². The maximum absolute atomic E-state index is 5.91. The summed E-state index contributed by atoms with van der Waals surface area (Å²) < 4.78 is 0. The molecule has 1 aromatic carbocycles. The average molecular weight is 215 g/mol. The Balaban J connectivity index is 2.20. The predicted molar refractivity (Wildman–Crippen MR) is 68.5 cm³/mol. The van der Waals surface area contributed by atoms with Crippen molar-refractivity contribution in [2.75, 3.05) is 11.9 Å². The van der Waals surface area contributed by atoms with Gasteiger partial charge in [-0.15, -0.1) is 0 Å². The van der Waals surface area contributed by atoms with Gasteiger partial charge < -0.3 is 11.1 Å². The molecule has 0 saturated heterocycles. The minimum atomic E-state index is -0.229. The van der Waals surface area contributed by atoms with Crippen molar-refractivity contribution in [3.05, 3.63) is 36.4 Å². The van der Waals surface area contributed by atoms with Crippen LogP contribution in [0.15, 0.2) is 36.4 Å². The second-order valence-electron chi connectivity index (χ2n) is 4.73. The molecule has 0 radical (unpaired) electrons. The third-order valence-electron chi connectivity index (χ3n) is 2.32. The van der Waals surface area contributed by atoms with Crippen LogP contribution < -0.4 is 11.1 Å². The van der Waals surface area contributed by atoms with Gasteiger partial charge in [-0.2, -0.15) is 0 Å². The van der Waals surface area contributed by atoms with E-state index in [2.05, 4.69) is 22.4 Å². The van der Waals surface area contributed by atoms with E-state index >= 15 is 0 Å². The molecule has 1 aromatic heterocycles. The number of hydrogen-bond donors (Lipinski definition) is 2. The number of benzene rings is 1. The molecule has 0 unspecified atom stereocenters. The Morgan fingerprint density at radius 2 is 1.94 bits per heavy atom. The van der Waals surface area contributed by atoms with E-state index in [0.717, 1.165) is 16.7 Å². The fourth-order valence-electron chi connectivity index (χ4n) is 1.48. The number of hydrogen-bond acceptors (Lipinski definition) is 3. The fourth-order valence-corrected chi connectivity index (χ4v) is 1.48. The Morgan fingerprint density at radius 1 is 1.19 bits per heavy atom. The van der Waals surface area contributed by atoms with Crippen molar-refractivity contribution in [2.24, 2.45) is 5.73 Å². The maximum Gasteiger partial charge on any atom is 0.126 e. The van der Waals surface area contributed by atoms with Gasteiger partial charge in [0.1, 0.15) is 5.82 Å². The van der Waals surface area contributed by atoms with Crippen LogP contribution in [0.5, 0.6) is 0 Å². The van der Waals surface area contributed by atoms with Crippen LogP contribution in [0.2, 0.25) is 0 Å². The Morgan fingerprint density at radius 3 is 2.69 bits per heavy atom. The van der Waals surface area contributed by atoms with Crippen molar-refractivity contribution < 1.29 is 0 Å². The molecule has 0 amide bonds. The molecule has 3 heteroatoms. The van der Waals surface area contributed by atoms with Crippen molar-refractivity contribution >= 4 is 16.7 Å². The summed E-state index contributed by atoms with van der Waals surface area (Å²) >= 11 is 0. The summed E-state index contributed by atoms with van der Waals surface area (Å²) in [6, 6.07) is 12.1. The SMILES string of the molecule is CC(C)(N)CNc1ccc2ccccc2n1. The first kappa shape index (κ1) is 10.9. The number of aromatic nitrogens is 1. The van der Waals surface area contributed by atoms with Crippen LogP contribution >= 0.6 is 0 Å². The average Bonchev–Trinajstić information content (AvgIpc) is 2.25. The molecule has 1 heterocycles. The predicted octanol–water partition coefficient (Wildman–Crippen LogP) is 2.38. The quantitative estimate of drug-likeness (QED) is 0.826. The highest BCUT2D eigenvalue weighted by Gasteiger charge is 2.09. The standard InChI is InChI=1S/C13H17N3/c1-13(2,14)9-15-12-8-7-10-5-3-4-6-11(10)16-12/h3-8H,9,14H2,1-2H3,(H,15,16). The van der Waals surface area contributed by atoms with Crippen LogP contribution in [0, 0.1) is 0 Å². The van der Waals surface area contributed by atoms with E-state index in [-0.39, 0.29) is 5.54 Å². The summed E-state index contributed by atoms with van der Waals surface area (Å²) in [6.45, 7) is 4.68. The molecule has 0 aliphatic heterocycles. The van der Waals surface area contributed by atoms with Crippen molar-refractivity contribution in [1.29, 1.82) is 0 Å². The molecule has 0 spiro atoms. The van der Waals surface area contributed by atoms with Gasteiger partial charge in [0.15, 0.2) is 0 Å². The lowest BCUT2D eigenvalue weighted by atomic mass is 10.1. The molecule has 0 bridgehead atoms. The van der Waals surface area contributed by atoms with Gasteiger partial charge in [-0.05, 0) is 32.0 Å². The number of pyridine rings is 1. The van der Waals surface area contributed by atoms with E-state index in [4.69, 9.17) is 5.73 Å². The van der Waals surface area contributed by atoms with E-state index in [9.17, 15) is 0 Å². The summed E-state index contributed by atoms with van der Waals surface area (Å²) in [7, 11) is 0. The Labute approximate surface area is 95.7 Å². The first-order valence-electron chi connectivity index (χ1n) is 5.43. The molecule has 2 rings (SSSR count). The molecular formula is C13H17N3. The number of anilines is 1. The van der Waals surface area contributed by atoms with Gasteiger partial charge in [0, 0.05) is 17.5 Å². The van der Waals surface area contributed by atoms with E-state index in [1.54, 1.807) is 0 Å². The third kappa shape index (κ3) is 2.70. The summed E-state index contributed by atoms with van der Waals surface area (Å²) in [4.78, 5) is 4.51. The highest BCUT2D eigenvalue weighted by atomic mass is 15.0. The van der Waals surface area contributed by atoms with Crippen LogP contribution in [0.25, 0.3) is 10.9 Å². The normalized spacial score (nSPS) is 11.7. The van der Waals surface area contributed by atoms with Gasteiger partial charge in [0.25, 0.3) is 0 Å². The number of para-hydroxylation sites is 1. The lowest BCUT2D eigenvalue weighted by Crippen LogP contribution is -2.39. The van der Waals surface area contributed by atoms with Crippen LogP contribution in [0.1, 0.15) is 13.8 Å². The van der Waals surface area contributed by atoms with Gasteiger partial charge in [0.05, 0.1) is 5.52 Å². The zero-order chi connectivity index (χ0) is 11.6. The van der Waals surface area contributed by atoms with Gasteiger partial charge >= 0.3 is 0 Å². The first-order chi connectivity index (χ1) is 7.54. The lowest BCUT2D eigenvalue weighted by Gasteiger charge is -2.19. The highest BCUT2D eigenvalue weighted by molar-refractivity contribution is 5.80. The fraction of sp³-hybridized carbons (Fsp3) is 0.308. The molecule has 0 aliphatic carbocycles. The second-order valence-corrected chi connectivity index (χ2v) is 4.73. The monoisotopic (exact) mass is 215 g/mol. The van der Waals surface area contributed by atoms with Gasteiger partial charge in [0.2, 0.25) is 0 Å². The van der Waals surface area contributed by atoms with E-state index < -0.39 is 0 Å². The molecule has 3 N–H and O–H groups in total. The lowest BCUT2D eigenvalue weighted by molar-refractivity contribution is 0.548. The van der Waals surface area contributed by atoms with Gasteiger partial charge in [-0.25, -0.2) is 4.98 Å². The number of nitrogens with zero attached hydrogens (tertiary/aromatic N) is 1. The van der Waals surface area contributed by atoms with Crippen LogP contribution in [0.3, 0.4) is 0 Å². The van der Waals surface area contributed by atoms with Crippen LogP contribution in [-0.4, -0.2) is 17.1 Å². The van der Waals surface area contributed by atoms with Crippen molar-refractivity contribution in [3.63, 3.8) is 0 Å². The molecule has 2 aromatic rings. The van der Waals surface area contributed by atoms with E-state index in [0.29, 0.717) is 6.54 Å². The summed E-state index contributed by atoms with van der Waals surface area (Å²) in [5.74, 6) is 0.872. The molecular weight excluding hydrogens is 198 g/mol. The zero-order valence-electron chi connectivity index (χ0n) is 9.70. The van der Waals surface area contributed by atoms with Crippen molar-refractivity contribution in [2.45, 2.75) is 19.4 Å². The smallest absolute Gasteiger partial charge is 0.126 e. The Kier molecular flexibility index (Phi) is 2.79. The first-order valence-corrected chi connectivity index (χ1v) is 5.43.